The molecule has 3 rings (SSSR count). The Bertz CT molecular complexity index is 786. The molecular weight excluding hydrogens is 388 g/mol. The molecule has 2 aliphatic heterocycles. The van der Waals surface area contributed by atoms with Gasteiger partial charge in [0.1, 0.15) is 24.1 Å². The molecular formula is C19H22ClF2N5O. The van der Waals surface area contributed by atoms with E-state index in [2.05, 4.69) is 5.32 Å². The van der Waals surface area contributed by atoms with Crippen LogP contribution in [0.5, 0.6) is 0 Å². The molecule has 0 aromatic heterocycles. The van der Waals surface area contributed by atoms with Gasteiger partial charge in [0.25, 0.3) is 0 Å². The molecule has 9 heteroatoms. The zero-order valence-corrected chi connectivity index (χ0v) is 16.1. The first-order valence-electron chi connectivity index (χ1n) is 9.03. The molecule has 0 unspecified atom stereocenters. The molecule has 2 heterocycles. The van der Waals surface area contributed by atoms with Gasteiger partial charge in [-0.15, -0.1) is 12.4 Å². The molecule has 1 aromatic carbocycles. The standard InChI is InChI=1S/C19H21F2N5O.ClH/c20-14-7-17(10-23)26(12-14)19(27)11-24-15-3-5-25(6-4-15)16-2-1-13(9-22)18(21)8-16;/h1-2,8,14-15,17,24H,3-7,11-12H2;1H/t14-,17-;/m0./s1. The highest BCUT2D eigenvalue weighted by molar-refractivity contribution is 5.85. The fourth-order valence-corrected chi connectivity index (χ4v) is 3.65. The predicted octanol–water partition coefficient (Wildman–Crippen LogP) is 2.14. The molecule has 0 radical (unpaired) electrons. The number of hydrogen-bond acceptors (Lipinski definition) is 5. The van der Waals surface area contributed by atoms with E-state index in [0.717, 1.165) is 18.5 Å². The van der Waals surface area contributed by atoms with Crippen LogP contribution in [0, 0.1) is 28.5 Å². The van der Waals surface area contributed by atoms with Crippen molar-refractivity contribution in [1.82, 2.24) is 10.2 Å². The van der Waals surface area contributed by atoms with Gasteiger partial charge < -0.3 is 15.1 Å². The SMILES string of the molecule is Cl.N#Cc1ccc(N2CCC(NCC(=O)N3C[C@@H](F)C[C@H]3C#N)CC2)cc1F. The lowest BCUT2D eigenvalue weighted by atomic mass is 10.0. The summed E-state index contributed by atoms with van der Waals surface area (Å²) in [5.74, 6) is -0.775. The van der Waals surface area contributed by atoms with Crippen molar-refractivity contribution >= 4 is 24.0 Å². The Morgan fingerprint density at radius 1 is 1.29 bits per heavy atom. The summed E-state index contributed by atoms with van der Waals surface area (Å²) in [4.78, 5) is 15.6. The van der Waals surface area contributed by atoms with Crippen LogP contribution in [0.2, 0.25) is 0 Å². The number of amides is 1. The molecule has 0 saturated carbocycles. The highest BCUT2D eigenvalue weighted by atomic mass is 35.5. The second-order valence-electron chi connectivity index (χ2n) is 6.94. The number of hydrogen-bond donors (Lipinski definition) is 1. The summed E-state index contributed by atoms with van der Waals surface area (Å²) in [6.45, 7) is 1.48. The van der Waals surface area contributed by atoms with Gasteiger partial charge in [-0.25, -0.2) is 8.78 Å². The Balaban J connectivity index is 0.00000280. The first-order chi connectivity index (χ1) is 13.0. The average molecular weight is 410 g/mol. The normalized spacial score (nSPS) is 22.3. The predicted molar refractivity (Wildman–Crippen MR) is 102 cm³/mol. The van der Waals surface area contributed by atoms with Gasteiger partial charge in [-0.05, 0) is 31.0 Å². The molecule has 0 aliphatic carbocycles. The van der Waals surface area contributed by atoms with E-state index in [1.807, 2.05) is 17.0 Å². The van der Waals surface area contributed by atoms with E-state index in [1.54, 1.807) is 6.07 Å². The van der Waals surface area contributed by atoms with Gasteiger partial charge in [-0.3, -0.25) is 4.79 Å². The Morgan fingerprint density at radius 2 is 2.00 bits per heavy atom. The molecule has 150 valence electrons. The number of carbonyl (C=O) groups excluding carboxylic acids is 1. The van der Waals surface area contributed by atoms with Crippen LogP contribution >= 0.6 is 12.4 Å². The van der Waals surface area contributed by atoms with E-state index < -0.39 is 18.0 Å². The minimum Gasteiger partial charge on any atom is -0.371 e. The average Bonchev–Trinajstić information content (AvgIpc) is 3.07. The van der Waals surface area contributed by atoms with Crippen LogP contribution < -0.4 is 10.2 Å². The van der Waals surface area contributed by atoms with Crippen molar-refractivity contribution in [2.75, 3.05) is 31.1 Å². The topological polar surface area (TPSA) is 83.2 Å². The Hall–Kier alpha value is -2.42. The maximum absolute atomic E-state index is 13.8. The third kappa shape index (κ3) is 4.89. The number of anilines is 1. The zero-order valence-electron chi connectivity index (χ0n) is 15.3. The molecule has 2 saturated heterocycles. The van der Waals surface area contributed by atoms with Crippen LogP contribution in [0.1, 0.15) is 24.8 Å². The molecule has 1 N–H and O–H groups in total. The molecule has 2 fully saturated rings. The monoisotopic (exact) mass is 409 g/mol. The lowest BCUT2D eigenvalue weighted by Crippen LogP contribution is -2.47. The van der Waals surface area contributed by atoms with Gasteiger partial charge in [0.2, 0.25) is 5.91 Å². The van der Waals surface area contributed by atoms with Crippen LogP contribution in [0.15, 0.2) is 18.2 Å². The molecule has 1 amide bonds. The summed E-state index contributed by atoms with van der Waals surface area (Å²) < 4.78 is 27.2. The van der Waals surface area contributed by atoms with Crippen molar-refractivity contribution in [3.63, 3.8) is 0 Å². The van der Waals surface area contributed by atoms with E-state index >= 15 is 0 Å². The van der Waals surface area contributed by atoms with Gasteiger partial charge in [-0.2, -0.15) is 10.5 Å². The molecule has 0 spiro atoms. The summed E-state index contributed by atoms with van der Waals surface area (Å²) in [5.41, 5.74) is 0.769. The Kier molecular flexibility index (Phi) is 7.56. The molecule has 6 nitrogen and oxygen atoms in total. The van der Waals surface area contributed by atoms with Crippen molar-refractivity contribution in [2.24, 2.45) is 0 Å². The lowest BCUT2D eigenvalue weighted by molar-refractivity contribution is -0.130. The quantitative estimate of drug-likeness (QED) is 0.823. The number of nitrogens with zero attached hydrogens (tertiary/aromatic N) is 4. The molecule has 2 aliphatic rings. The fraction of sp³-hybridized carbons (Fsp3) is 0.526. The van der Waals surface area contributed by atoms with Gasteiger partial charge in [0, 0.05) is 31.2 Å². The number of alkyl halides is 1. The molecule has 0 bridgehead atoms. The third-order valence-corrected chi connectivity index (χ3v) is 5.19. The number of benzene rings is 1. The second-order valence-corrected chi connectivity index (χ2v) is 6.94. The van der Waals surface area contributed by atoms with Gasteiger partial charge in [-0.1, -0.05) is 0 Å². The summed E-state index contributed by atoms with van der Waals surface area (Å²) in [5, 5.41) is 21.0. The van der Waals surface area contributed by atoms with Crippen molar-refractivity contribution in [2.45, 2.75) is 37.5 Å². The maximum atomic E-state index is 13.8. The minimum absolute atomic E-state index is 0. The largest absolute Gasteiger partial charge is 0.371 e. The van der Waals surface area contributed by atoms with E-state index in [9.17, 15) is 13.6 Å². The smallest absolute Gasteiger partial charge is 0.237 e. The van der Waals surface area contributed by atoms with E-state index in [-0.39, 0.29) is 49.4 Å². The molecule has 2 atom stereocenters. The Morgan fingerprint density at radius 3 is 2.61 bits per heavy atom. The number of rotatable bonds is 4. The summed E-state index contributed by atoms with van der Waals surface area (Å²) >= 11 is 0. The van der Waals surface area contributed by atoms with Gasteiger partial charge >= 0.3 is 0 Å². The number of carbonyl (C=O) groups is 1. The van der Waals surface area contributed by atoms with Crippen LogP contribution in [0.25, 0.3) is 0 Å². The van der Waals surface area contributed by atoms with E-state index in [1.165, 1.54) is 17.0 Å². The summed E-state index contributed by atoms with van der Waals surface area (Å²) in [7, 11) is 0. The van der Waals surface area contributed by atoms with Crippen LogP contribution in [0.4, 0.5) is 14.5 Å². The van der Waals surface area contributed by atoms with E-state index in [4.69, 9.17) is 10.5 Å². The number of nitriles is 2. The van der Waals surface area contributed by atoms with Gasteiger partial charge in [0.15, 0.2) is 0 Å². The zero-order chi connectivity index (χ0) is 19.4. The maximum Gasteiger partial charge on any atom is 0.237 e. The number of halogens is 3. The van der Waals surface area contributed by atoms with E-state index in [0.29, 0.717) is 13.1 Å². The van der Waals surface area contributed by atoms with Crippen molar-refractivity contribution in [1.29, 1.82) is 10.5 Å². The highest BCUT2D eigenvalue weighted by Crippen LogP contribution is 2.23. The summed E-state index contributed by atoms with van der Waals surface area (Å²) in [6, 6.07) is 7.84. The van der Waals surface area contributed by atoms with Crippen molar-refractivity contribution in [3.8, 4) is 12.1 Å². The fourth-order valence-electron chi connectivity index (χ4n) is 3.65. The highest BCUT2D eigenvalue weighted by Gasteiger charge is 2.35. The number of likely N-dealkylation sites (tertiary alicyclic amines) is 1. The molecule has 28 heavy (non-hydrogen) atoms. The van der Waals surface area contributed by atoms with Crippen LogP contribution in [-0.4, -0.2) is 55.2 Å². The minimum atomic E-state index is -1.13. The van der Waals surface area contributed by atoms with Crippen LogP contribution in [0.3, 0.4) is 0 Å². The molecule has 1 aromatic rings. The summed E-state index contributed by atoms with van der Waals surface area (Å²) in [6.07, 6.45) is 0.515. The van der Waals surface area contributed by atoms with Gasteiger partial charge in [0.05, 0.1) is 24.7 Å². The third-order valence-electron chi connectivity index (χ3n) is 5.19. The van der Waals surface area contributed by atoms with Crippen molar-refractivity contribution < 1.29 is 13.6 Å². The first-order valence-corrected chi connectivity index (χ1v) is 9.03. The van der Waals surface area contributed by atoms with Crippen molar-refractivity contribution in [3.05, 3.63) is 29.6 Å². The second kappa shape index (κ2) is 9.68. The van der Waals surface area contributed by atoms with Crippen LogP contribution in [-0.2, 0) is 4.79 Å². The number of piperidine rings is 1. The lowest BCUT2D eigenvalue weighted by Gasteiger charge is -2.34. The Labute approximate surface area is 169 Å². The number of nitrogens with one attached hydrogen (secondary N) is 1. The first kappa shape index (κ1) is 21.9.